The monoisotopic (exact) mass is 402 g/mol. The zero-order valence-corrected chi connectivity index (χ0v) is 17.3. The number of hydrogen-bond acceptors (Lipinski definition) is 5. The number of aromatic nitrogens is 2. The predicted octanol–water partition coefficient (Wildman–Crippen LogP) is 4.13. The number of nitrogens with one attached hydrogen (secondary N) is 1. The molecule has 30 heavy (non-hydrogen) atoms. The number of nitrogens with zero attached hydrogens (tertiary/aromatic N) is 3. The molecule has 1 fully saturated rings. The molecule has 1 amide bonds. The van der Waals surface area contributed by atoms with Crippen molar-refractivity contribution in [2.45, 2.75) is 25.9 Å². The van der Waals surface area contributed by atoms with Gasteiger partial charge in [-0.05, 0) is 38.0 Å². The topological polar surface area (TPSA) is 67.3 Å². The van der Waals surface area contributed by atoms with E-state index in [1.165, 1.54) is 0 Å². The number of amides is 1. The van der Waals surface area contributed by atoms with Crippen molar-refractivity contribution in [3.05, 3.63) is 71.9 Å². The van der Waals surface area contributed by atoms with Gasteiger partial charge in [-0.3, -0.25) is 4.79 Å². The van der Waals surface area contributed by atoms with Gasteiger partial charge in [-0.15, -0.1) is 0 Å². The van der Waals surface area contributed by atoms with Crippen molar-refractivity contribution >= 4 is 17.4 Å². The van der Waals surface area contributed by atoms with Crippen molar-refractivity contribution in [2.75, 3.05) is 25.1 Å². The number of anilines is 2. The Kier molecular flexibility index (Phi) is 6.05. The number of aryl methyl sites for hydroxylation is 1. The maximum absolute atomic E-state index is 13.0. The number of carbonyl (C=O) groups is 1. The zero-order chi connectivity index (χ0) is 20.9. The summed E-state index contributed by atoms with van der Waals surface area (Å²) >= 11 is 0. The lowest BCUT2D eigenvalue weighted by Crippen LogP contribution is -2.33. The second-order valence-electron chi connectivity index (χ2n) is 7.54. The Bertz CT molecular complexity index is 1020. The third-order valence-electron chi connectivity index (χ3n) is 5.27. The molecule has 6 heteroatoms. The summed E-state index contributed by atoms with van der Waals surface area (Å²) in [5.41, 5.74) is 3.44. The number of para-hydroxylation sites is 1. The molecular formula is C24H26N4O2. The highest BCUT2D eigenvalue weighted by Crippen LogP contribution is 2.27. The zero-order valence-electron chi connectivity index (χ0n) is 17.3. The smallest absolute Gasteiger partial charge is 0.256 e. The Morgan fingerprint density at radius 2 is 2.03 bits per heavy atom. The van der Waals surface area contributed by atoms with E-state index in [2.05, 4.69) is 10.3 Å². The molecule has 1 aromatic heterocycles. The highest BCUT2D eigenvalue weighted by Gasteiger charge is 2.22. The quantitative estimate of drug-likeness (QED) is 0.672. The predicted molar refractivity (Wildman–Crippen MR) is 118 cm³/mol. The van der Waals surface area contributed by atoms with Gasteiger partial charge in [-0.1, -0.05) is 42.0 Å². The van der Waals surface area contributed by atoms with Gasteiger partial charge in [0.1, 0.15) is 11.4 Å². The molecule has 6 nitrogen and oxygen atoms in total. The molecule has 0 radical (unpaired) electrons. The summed E-state index contributed by atoms with van der Waals surface area (Å²) in [4.78, 5) is 24.2. The second kappa shape index (κ2) is 9.05. The molecule has 2 heterocycles. The average Bonchev–Trinajstić information content (AvgIpc) is 3.31. The van der Waals surface area contributed by atoms with E-state index in [9.17, 15) is 4.79 Å². The summed E-state index contributed by atoms with van der Waals surface area (Å²) < 4.78 is 5.62. The number of ether oxygens (including phenoxy) is 1. The highest BCUT2D eigenvalue weighted by atomic mass is 16.5. The number of carbonyl (C=O) groups excluding carboxylic acids is 1. The minimum atomic E-state index is -0.195. The molecular weight excluding hydrogens is 376 g/mol. The van der Waals surface area contributed by atoms with Gasteiger partial charge < -0.3 is 15.0 Å². The fourth-order valence-electron chi connectivity index (χ4n) is 3.59. The van der Waals surface area contributed by atoms with Crippen LogP contribution in [0.3, 0.4) is 0 Å². The van der Waals surface area contributed by atoms with Gasteiger partial charge in [0, 0.05) is 37.6 Å². The molecule has 1 aliphatic heterocycles. The van der Waals surface area contributed by atoms with Crippen molar-refractivity contribution in [1.29, 1.82) is 0 Å². The van der Waals surface area contributed by atoms with Gasteiger partial charge in [-0.25, -0.2) is 9.97 Å². The third-order valence-corrected chi connectivity index (χ3v) is 5.27. The van der Waals surface area contributed by atoms with Crippen molar-refractivity contribution in [3.8, 4) is 11.4 Å². The molecule has 4 rings (SSSR count). The molecule has 1 N–H and O–H groups in total. The lowest BCUT2D eigenvalue weighted by Gasteiger charge is -2.22. The fourth-order valence-corrected chi connectivity index (χ4v) is 3.59. The van der Waals surface area contributed by atoms with Crippen molar-refractivity contribution in [3.63, 3.8) is 0 Å². The second-order valence-corrected chi connectivity index (χ2v) is 7.54. The molecule has 1 aliphatic rings. The van der Waals surface area contributed by atoms with E-state index >= 15 is 0 Å². The summed E-state index contributed by atoms with van der Waals surface area (Å²) in [5, 5.41) is 2.99. The summed E-state index contributed by atoms with van der Waals surface area (Å²) in [6.07, 6.45) is 3.71. The van der Waals surface area contributed by atoms with Crippen LogP contribution in [0.4, 0.5) is 11.5 Å². The van der Waals surface area contributed by atoms with Crippen LogP contribution in [0.5, 0.6) is 0 Å². The first-order valence-electron chi connectivity index (χ1n) is 10.2. The van der Waals surface area contributed by atoms with Gasteiger partial charge in [0.05, 0.1) is 6.10 Å². The molecule has 154 valence electrons. The Morgan fingerprint density at radius 3 is 2.77 bits per heavy atom. The largest absolute Gasteiger partial charge is 0.376 e. The Morgan fingerprint density at radius 1 is 1.20 bits per heavy atom. The van der Waals surface area contributed by atoms with Gasteiger partial charge in [0.25, 0.3) is 5.91 Å². The summed E-state index contributed by atoms with van der Waals surface area (Å²) in [6.45, 7) is 3.29. The molecule has 3 aromatic rings. The Hall–Kier alpha value is -3.25. The van der Waals surface area contributed by atoms with Crippen molar-refractivity contribution in [1.82, 2.24) is 15.3 Å². The normalized spacial score (nSPS) is 15.7. The van der Waals surface area contributed by atoms with Crippen LogP contribution in [0.15, 0.2) is 60.8 Å². The molecule has 2 aromatic carbocycles. The molecule has 0 spiro atoms. The van der Waals surface area contributed by atoms with Crippen LogP contribution >= 0.6 is 0 Å². The van der Waals surface area contributed by atoms with Crippen molar-refractivity contribution in [2.24, 2.45) is 0 Å². The first-order valence-corrected chi connectivity index (χ1v) is 10.2. The molecule has 1 atom stereocenters. The van der Waals surface area contributed by atoms with Gasteiger partial charge in [0.15, 0.2) is 5.82 Å². The summed E-state index contributed by atoms with van der Waals surface area (Å²) in [7, 11) is 1.91. The molecule has 0 saturated carbocycles. The Labute approximate surface area is 176 Å². The van der Waals surface area contributed by atoms with E-state index in [-0.39, 0.29) is 12.0 Å². The van der Waals surface area contributed by atoms with Crippen LogP contribution in [0.1, 0.15) is 28.8 Å². The molecule has 0 unspecified atom stereocenters. The maximum Gasteiger partial charge on any atom is 0.256 e. The number of hydrogen-bond donors (Lipinski definition) is 1. The van der Waals surface area contributed by atoms with Gasteiger partial charge in [-0.2, -0.15) is 0 Å². The van der Waals surface area contributed by atoms with E-state index in [1.54, 1.807) is 6.20 Å². The minimum absolute atomic E-state index is 0.0803. The van der Waals surface area contributed by atoms with Crippen LogP contribution in [-0.2, 0) is 4.74 Å². The number of rotatable bonds is 6. The molecule has 0 aliphatic carbocycles. The minimum Gasteiger partial charge on any atom is -0.376 e. The van der Waals surface area contributed by atoms with E-state index in [0.717, 1.165) is 36.3 Å². The lowest BCUT2D eigenvalue weighted by atomic mass is 10.1. The number of benzene rings is 2. The van der Waals surface area contributed by atoms with E-state index in [0.29, 0.717) is 23.8 Å². The summed E-state index contributed by atoms with van der Waals surface area (Å²) in [6, 6.07) is 17.9. The van der Waals surface area contributed by atoms with Crippen LogP contribution in [-0.4, -0.2) is 42.2 Å². The fraction of sp³-hybridized carbons (Fsp3) is 0.292. The highest BCUT2D eigenvalue weighted by molar-refractivity contribution is 5.99. The molecule has 0 bridgehead atoms. The van der Waals surface area contributed by atoms with Crippen LogP contribution in [0, 0.1) is 6.92 Å². The van der Waals surface area contributed by atoms with E-state index < -0.39 is 0 Å². The van der Waals surface area contributed by atoms with Gasteiger partial charge in [0.2, 0.25) is 0 Å². The van der Waals surface area contributed by atoms with Crippen LogP contribution < -0.4 is 10.2 Å². The first-order chi connectivity index (χ1) is 14.6. The summed E-state index contributed by atoms with van der Waals surface area (Å²) in [5.74, 6) is 0.962. The van der Waals surface area contributed by atoms with E-state index in [1.807, 2.05) is 73.5 Å². The average molecular weight is 402 g/mol. The maximum atomic E-state index is 13.0. The Balaban J connectivity index is 1.68. The first kappa shape index (κ1) is 20.0. The van der Waals surface area contributed by atoms with Crippen molar-refractivity contribution < 1.29 is 9.53 Å². The van der Waals surface area contributed by atoms with Crippen LogP contribution in [0.2, 0.25) is 0 Å². The third kappa shape index (κ3) is 4.49. The van der Waals surface area contributed by atoms with Gasteiger partial charge >= 0.3 is 0 Å². The van der Waals surface area contributed by atoms with E-state index in [4.69, 9.17) is 9.72 Å². The SMILES string of the molecule is Cc1cccc(-c2ncc(C(=O)NC[C@H]3CCCO3)c(N(C)c3ccccc3)n2)c1. The van der Waals surface area contributed by atoms with Crippen LogP contribution in [0.25, 0.3) is 11.4 Å². The lowest BCUT2D eigenvalue weighted by molar-refractivity contribution is 0.0857. The standard InChI is InChI=1S/C24H26N4O2/c1-17-8-6-9-18(14-17)22-25-16-21(24(29)26-15-20-12-7-13-30-20)23(27-22)28(2)19-10-4-3-5-11-19/h3-6,8-11,14,16,20H,7,12-13,15H2,1-2H3,(H,26,29)/t20-/m1/s1. The molecule has 1 saturated heterocycles.